The molecule has 6 nitrogen and oxygen atoms in total. The lowest BCUT2D eigenvalue weighted by Crippen LogP contribution is -2.51. The first-order valence-electron chi connectivity index (χ1n) is 6.10. The molecule has 0 aromatic heterocycles. The normalized spacial score (nSPS) is 25.4. The van der Waals surface area contributed by atoms with Crippen LogP contribution in [-0.4, -0.2) is 43.6 Å². The largest absolute Gasteiger partial charge is 0.508 e. The number of benzene rings is 1. The molecule has 104 valence electrons. The summed E-state index contributed by atoms with van der Waals surface area (Å²) >= 11 is 0. The van der Waals surface area contributed by atoms with E-state index >= 15 is 0 Å². The molecule has 0 saturated carbocycles. The summed E-state index contributed by atoms with van der Waals surface area (Å²) < 4.78 is 0. The number of hydrogen-bond acceptors (Lipinski definition) is 5. The summed E-state index contributed by atoms with van der Waals surface area (Å²) in [5.41, 5.74) is -1.53. The summed E-state index contributed by atoms with van der Waals surface area (Å²) in [6.45, 7) is 2.10. The molecule has 1 aliphatic rings. The highest BCUT2D eigenvalue weighted by molar-refractivity contribution is 5.77. The van der Waals surface area contributed by atoms with Gasteiger partial charge in [0.05, 0.1) is 0 Å². The molecule has 2 atom stereocenters. The Morgan fingerprint density at radius 1 is 1.42 bits per heavy atom. The van der Waals surface area contributed by atoms with Gasteiger partial charge < -0.3 is 20.4 Å². The fourth-order valence-electron chi connectivity index (χ4n) is 2.61. The van der Waals surface area contributed by atoms with Crippen LogP contribution < -0.4 is 0 Å². The lowest BCUT2D eigenvalue weighted by molar-refractivity contribution is -0.180. The van der Waals surface area contributed by atoms with Gasteiger partial charge in [-0.05, 0) is 31.5 Å². The first-order chi connectivity index (χ1) is 8.86. The number of likely N-dealkylation sites (tertiary alicyclic amines) is 1. The fourth-order valence-corrected chi connectivity index (χ4v) is 2.61. The minimum Gasteiger partial charge on any atom is -0.508 e. The van der Waals surface area contributed by atoms with Gasteiger partial charge >= 0.3 is 5.97 Å². The molecule has 1 saturated heterocycles. The summed E-state index contributed by atoms with van der Waals surface area (Å²) in [6, 6.07) is 3.55. The highest BCUT2D eigenvalue weighted by atomic mass is 16.4. The number of aliphatic carboxylic acids is 1. The third-order valence-corrected chi connectivity index (χ3v) is 3.67. The van der Waals surface area contributed by atoms with Crippen LogP contribution in [0.3, 0.4) is 0 Å². The zero-order chi connectivity index (χ0) is 14.2. The Morgan fingerprint density at radius 3 is 2.74 bits per heavy atom. The van der Waals surface area contributed by atoms with Crippen LogP contribution in [0.25, 0.3) is 0 Å². The van der Waals surface area contributed by atoms with Crippen LogP contribution >= 0.6 is 0 Å². The summed E-state index contributed by atoms with van der Waals surface area (Å²) in [6.07, 6.45) is 0.707. The molecule has 6 heteroatoms. The molecule has 1 aromatic carbocycles. The number of carboxylic acid groups (broad SMARTS) is 1. The highest BCUT2D eigenvalue weighted by Crippen LogP contribution is 2.39. The lowest BCUT2D eigenvalue weighted by atomic mass is 10.0. The molecule has 2 unspecified atom stereocenters. The number of carbonyl (C=O) groups is 1. The van der Waals surface area contributed by atoms with Gasteiger partial charge in [-0.2, -0.15) is 0 Å². The highest BCUT2D eigenvalue weighted by Gasteiger charge is 2.48. The van der Waals surface area contributed by atoms with Crippen molar-refractivity contribution in [2.75, 3.05) is 6.54 Å². The lowest BCUT2D eigenvalue weighted by Gasteiger charge is -2.34. The van der Waals surface area contributed by atoms with Crippen molar-refractivity contribution in [2.45, 2.75) is 31.5 Å². The number of phenols is 2. The second kappa shape index (κ2) is 4.71. The molecular weight excluding hydrogens is 250 g/mol. The Morgan fingerprint density at radius 2 is 2.11 bits per heavy atom. The van der Waals surface area contributed by atoms with E-state index in [1.165, 1.54) is 23.1 Å². The average Bonchev–Trinajstić information content (AvgIpc) is 2.75. The van der Waals surface area contributed by atoms with Crippen molar-refractivity contribution in [3.63, 3.8) is 0 Å². The van der Waals surface area contributed by atoms with Crippen molar-refractivity contribution in [2.24, 2.45) is 0 Å². The molecule has 19 heavy (non-hydrogen) atoms. The maximum Gasteiger partial charge on any atom is 0.351 e. The SMILES string of the molecule is CC(c1cc(O)ccc1O)N1CCCC1(O)C(=O)O. The van der Waals surface area contributed by atoms with Crippen molar-refractivity contribution < 1.29 is 25.2 Å². The third kappa shape index (κ3) is 2.24. The Labute approximate surface area is 110 Å². The van der Waals surface area contributed by atoms with Crippen LogP contribution in [0.2, 0.25) is 0 Å². The Kier molecular flexibility index (Phi) is 3.38. The minimum atomic E-state index is -1.92. The van der Waals surface area contributed by atoms with Crippen molar-refractivity contribution >= 4 is 5.97 Å². The van der Waals surface area contributed by atoms with E-state index in [2.05, 4.69) is 0 Å². The van der Waals surface area contributed by atoms with Crippen LogP contribution in [0.15, 0.2) is 18.2 Å². The quantitative estimate of drug-likeness (QED) is 0.610. The number of phenolic OH excluding ortho intramolecular Hbond substituents is 2. The molecular formula is C13H17NO5. The van der Waals surface area contributed by atoms with Gasteiger partial charge in [0.2, 0.25) is 5.72 Å². The van der Waals surface area contributed by atoms with Crippen LogP contribution in [0.1, 0.15) is 31.4 Å². The van der Waals surface area contributed by atoms with E-state index in [1.807, 2.05) is 0 Å². The van der Waals surface area contributed by atoms with Gasteiger partial charge in [-0.25, -0.2) is 4.79 Å². The summed E-state index contributed by atoms with van der Waals surface area (Å²) in [5.74, 6) is -1.35. The predicted molar refractivity (Wildman–Crippen MR) is 66.7 cm³/mol. The van der Waals surface area contributed by atoms with Crippen molar-refractivity contribution in [3.05, 3.63) is 23.8 Å². The second-order valence-corrected chi connectivity index (χ2v) is 4.84. The van der Waals surface area contributed by atoms with Gasteiger partial charge in [0.15, 0.2) is 0 Å². The van der Waals surface area contributed by atoms with Gasteiger partial charge in [-0.15, -0.1) is 0 Å². The van der Waals surface area contributed by atoms with Crippen molar-refractivity contribution in [1.29, 1.82) is 0 Å². The van der Waals surface area contributed by atoms with Crippen molar-refractivity contribution in [1.82, 2.24) is 4.90 Å². The maximum atomic E-state index is 11.2. The van der Waals surface area contributed by atoms with Gasteiger partial charge in [0.1, 0.15) is 11.5 Å². The van der Waals surface area contributed by atoms with Crippen LogP contribution in [0, 0.1) is 0 Å². The van der Waals surface area contributed by atoms with Gasteiger partial charge in [0, 0.05) is 24.6 Å². The van der Waals surface area contributed by atoms with Gasteiger partial charge in [-0.1, -0.05) is 0 Å². The van der Waals surface area contributed by atoms with E-state index in [-0.39, 0.29) is 17.9 Å². The molecule has 1 aliphatic heterocycles. The van der Waals surface area contributed by atoms with Crippen LogP contribution in [0.4, 0.5) is 0 Å². The molecule has 0 amide bonds. The smallest absolute Gasteiger partial charge is 0.351 e. The zero-order valence-corrected chi connectivity index (χ0v) is 10.6. The van der Waals surface area contributed by atoms with E-state index in [0.29, 0.717) is 18.5 Å². The number of rotatable bonds is 3. The van der Waals surface area contributed by atoms with E-state index < -0.39 is 17.7 Å². The Bertz CT molecular complexity index is 504. The number of aliphatic hydroxyl groups is 1. The van der Waals surface area contributed by atoms with E-state index in [4.69, 9.17) is 5.11 Å². The molecule has 1 heterocycles. The molecule has 0 aliphatic carbocycles. The zero-order valence-electron chi connectivity index (χ0n) is 10.6. The molecule has 1 fully saturated rings. The first kappa shape index (κ1) is 13.6. The molecule has 1 aromatic rings. The van der Waals surface area contributed by atoms with Crippen LogP contribution in [0.5, 0.6) is 11.5 Å². The third-order valence-electron chi connectivity index (χ3n) is 3.67. The summed E-state index contributed by atoms with van der Waals surface area (Å²) in [5, 5.41) is 38.6. The maximum absolute atomic E-state index is 11.2. The fraction of sp³-hybridized carbons (Fsp3) is 0.462. The number of aromatic hydroxyl groups is 2. The van der Waals surface area contributed by atoms with Crippen LogP contribution in [-0.2, 0) is 4.79 Å². The number of carboxylic acids is 1. The monoisotopic (exact) mass is 267 g/mol. The summed E-state index contributed by atoms with van der Waals surface area (Å²) in [7, 11) is 0. The topological polar surface area (TPSA) is 101 Å². The summed E-state index contributed by atoms with van der Waals surface area (Å²) in [4.78, 5) is 12.6. The number of hydrogen-bond donors (Lipinski definition) is 4. The van der Waals surface area contributed by atoms with E-state index in [1.54, 1.807) is 6.92 Å². The van der Waals surface area contributed by atoms with Gasteiger partial charge in [-0.3, -0.25) is 4.90 Å². The molecule has 4 N–H and O–H groups in total. The second-order valence-electron chi connectivity index (χ2n) is 4.84. The van der Waals surface area contributed by atoms with E-state index in [0.717, 1.165) is 0 Å². The molecule has 0 spiro atoms. The molecule has 2 rings (SSSR count). The Hall–Kier alpha value is -1.79. The van der Waals surface area contributed by atoms with Gasteiger partial charge in [0.25, 0.3) is 0 Å². The average molecular weight is 267 g/mol. The van der Waals surface area contributed by atoms with Crippen molar-refractivity contribution in [3.8, 4) is 11.5 Å². The first-order valence-corrected chi connectivity index (χ1v) is 6.10. The minimum absolute atomic E-state index is 0.0160. The molecule has 0 radical (unpaired) electrons. The Balaban J connectivity index is 2.36. The standard InChI is InChI=1S/C13H17NO5/c1-8(10-7-9(15)3-4-11(10)16)14-6-2-5-13(14,19)12(17)18/h3-4,7-8,15-16,19H,2,5-6H2,1H3,(H,17,18). The number of nitrogens with zero attached hydrogens (tertiary/aromatic N) is 1. The predicted octanol–water partition coefficient (Wildman–Crippen LogP) is 1.03. The molecule has 0 bridgehead atoms. The van der Waals surface area contributed by atoms with E-state index in [9.17, 15) is 20.1 Å².